The molecule has 10 N–H and O–H groups in total. The van der Waals surface area contributed by atoms with Crippen LogP contribution in [-0.4, -0.2) is 156 Å². The zero-order chi connectivity index (χ0) is 39.6. The lowest BCUT2D eigenvalue weighted by Gasteiger charge is -2.42. The van der Waals surface area contributed by atoms with Gasteiger partial charge in [-0.2, -0.15) is 0 Å². The summed E-state index contributed by atoms with van der Waals surface area (Å²) in [6.45, 7) is 1.28. The first-order valence-electron chi connectivity index (χ1n) is 17.1. The molecule has 0 unspecified atom stereocenters. The molecular formula is C34H50N4O16. The zero-order valence-corrected chi connectivity index (χ0v) is 29.8. The van der Waals surface area contributed by atoms with E-state index in [0.717, 1.165) is 11.1 Å². The number of rotatable bonds is 18. The highest BCUT2D eigenvalue weighted by molar-refractivity contribution is 5.73. The summed E-state index contributed by atoms with van der Waals surface area (Å²) in [4.78, 5) is 47.3. The fourth-order valence-electron chi connectivity index (χ4n) is 5.35. The lowest BCUT2D eigenvalue weighted by atomic mass is 9.97. The third kappa shape index (κ3) is 14.2. The molecule has 4 amide bonds. The number of nitrogens with one attached hydrogen (secondary N) is 4. The summed E-state index contributed by atoms with van der Waals surface area (Å²) >= 11 is 0. The second-order valence-corrected chi connectivity index (χ2v) is 12.2. The molecular weight excluding hydrogens is 720 g/mol. The first-order chi connectivity index (χ1) is 25.8. The van der Waals surface area contributed by atoms with Gasteiger partial charge in [-0.05, 0) is 23.3 Å². The van der Waals surface area contributed by atoms with Crippen LogP contribution in [-0.2, 0) is 51.1 Å². The number of hydrogen-bond acceptors (Lipinski definition) is 16. The summed E-state index contributed by atoms with van der Waals surface area (Å²) in [6, 6.07) is 4.92. The van der Waals surface area contributed by atoms with Gasteiger partial charge in [-0.3, -0.25) is 9.59 Å². The zero-order valence-electron chi connectivity index (χ0n) is 29.8. The second-order valence-electron chi connectivity index (χ2n) is 12.2. The van der Waals surface area contributed by atoms with Crippen LogP contribution in [0.1, 0.15) is 25.0 Å². The molecule has 1 aromatic rings. The number of aliphatic hydroxyl groups is 6. The maximum absolute atomic E-state index is 12.2. The first-order valence-corrected chi connectivity index (χ1v) is 17.1. The van der Waals surface area contributed by atoms with Crippen molar-refractivity contribution >= 4 is 24.0 Å². The van der Waals surface area contributed by atoms with Gasteiger partial charge in [0.05, 0.1) is 26.4 Å². The Balaban J connectivity index is 1.31. The molecule has 54 heavy (non-hydrogen) atoms. The van der Waals surface area contributed by atoms with Crippen molar-refractivity contribution in [3.05, 3.63) is 59.7 Å². The van der Waals surface area contributed by atoms with Crippen LogP contribution in [0.5, 0.6) is 0 Å². The van der Waals surface area contributed by atoms with Gasteiger partial charge in [0.25, 0.3) is 0 Å². The topological polar surface area (TPSA) is 293 Å². The minimum atomic E-state index is -1.43. The van der Waals surface area contributed by atoms with E-state index < -0.39 is 98.5 Å². The van der Waals surface area contributed by atoms with Crippen molar-refractivity contribution in [2.24, 2.45) is 0 Å². The standard InChI is InChI=1S/C34H50N4O16/c1-19(41)37-25-29(45)27(43)23(17-39)53-31(25)49-10-3-5-12-51-33(47)35-15-21-8-7-9-22(14-21)16-36-34(48)52-13-6-4-11-50-32-26(38-20(2)42)30(46)28(44)24(18-40)54-32/h3-9,14,23-32,39-40,43-46H,10-13,15-18H2,1-2H3,(H,35,47)(H,36,48)(H,37,41)(H,38,42)/b5-3-,6-4-/t23-,24-,25-,26-,27-,28-,29-,30-,31-,32-/m1/s1. The number of carbonyl (C=O) groups is 4. The Morgan fingerprint density at radius 2 is 1.04 bits per heavy atom. The fourth-order valence-corrected chi connectivity index (χ4v) is 5.35. The van der Waals surface area contributed by atoms with Crippen LogP contribution >= 0.6 is 0 Å². The minimum Gasteiger partial charge on any atom is -0.445 e. The Morgan fingerprint density at radius 1 is 0.648 bits per heavy atom. The van der Waals surface area contributed by atoms with Crippen molar-refractivity contribution in [3.63, 3.8) is 0 Å². The van der Waals surface area contributed by atoms with E-state index in [0.29, 0.717) is 0 Å². The summed E-state index contributed by atoms with van der Waals surface area (Å²) in [5.41, 5.74) is 1.47. The molecule has 2 saturated heterocycles. The maximum atomic E-state index is 12.2. The van der Waals surface area contributed by atoms with Crippen LogP contribution < -0.4 is 21.3 Å². The monoisotopic (exact) mass is 770 g/mol. The molecule has 20 nitrogen and oxygen atoms in total. The average Bonchev–Trinajstić information content (AvgIpc) is 3.14. The molecule has 0 saturated carbocycles. The Kier molecular flexibility index (Phi) is 18.7. The highest BCUT2D eigenvalue weighted by atomic mass is 16.7. The van der Waals surface area contributed by atoms with Crippen molar-refractivity contribution in [2.45, 2.75) is 88.2 Å². The van der Waals surface area contributed by atoms with Crippen LogP contribution in [0.2, 0.25) is 0 Å². The fraction of sp³-hybridized carbons (Fsp3) is 0.588. The van der Waals surface area contributed by atoms with Gasteiger partial charge in [-0.25, -0.2) is 9.59 Å². The Labute approximate surface area is 311 Å². The number of benzene rings is 1. The van der Waals surface area contributed by atoms with Gasteiger partial charge in [-0.15, -0.1) is 0 Å². The van der Waals surface area contributed by atoms with E-state index >= 15 is 0 Å². The van der Waals surface area contributed by atoms with E-state index in [9.17, 15) is 49.8 Å². The van der Waals surface area contributed by atoms with Crippen molar-refractivity contribution in [1.29, 1.82) is 0 Å². The SMILES string of the molecule is CC(=O)N[C@H]1[C@H](OC/C=C\COC(=O)NCc2cccc(CNC(=O)OC/C=C\CO[C@@H]3O[C@H](CO)[C@@H](O)[C@H](O)[C@H]3NC(C)=O)c2)O[C@H](CO)[C@@H](O)[C@@H]1O. The normalized spacial score (nSPS) is 28.4. The third-order valence-electron chi connectivity index (χ3n) is 8.03. The number of aliphatic hydroxyl groups excluding tert-OH is 6. The Hall–Kier alpha value is -4.22. The summed E-state index contributed by atoms with van der Waals surface area (Å²) < 4.78 is 32.2. The molecule has 0 aromatic heterocycles. The van der Waals surface area contributed by atoms with Crippen LogP contribution in [0, 0.1) is 0 Å². The van der Waals surface area contributed by atoms with Crippen molar-refractivity contribution in [3.8, 4) is 0 Å². The number of carbonyl (C=O) groups excluding carboxylic acids is 4. The van der Waals surface area contributed by atoms with Crippen LogP contribution in [0.4, 0.5) is 9.59 Å². The summed E-state index contributed by atoms with van der Waals surface area (Å²) in [7, 11) is 0. The van der Waals surface area contributed by atoms with Gasteiger partial charge >= 0.3 is 12.2 Å². The van der Waals surface area contributed by atoms with Crippen molar-refractivity contribution in [2.75, 3.05) is 39.6 Å². The number of hydrogen-bond donors (Lipinski definition) is 10. The molecule has 0 radical (unpaired) electrons. The molecule has 20 heteroatoms. The molecule has 1 aromatic carbocycles. The van der Waals surface area contributed by atoms with E-state index in [4.69, 9.17) is 28.4 Å². The largest absolute Gasteiger partial charge is 0.445 e. The maximum Gasteiger partial charge on any atom is 0.407 e. The number of ether oxygens (including phenoxy) is 6. The molecule has 2 fully saturated rings. The predicted octanol–water partition coefficient (Wildman–Crippen LogP) is -2.83. The highest BCUT2D eigenvalue weighted by Crippen LogP contribution is 2.23. The molecule has 0 aliphatic carbocycles. The van der Waals surface area contributed by atoms with Crippen LogP contribution in [0.3, 0.4) is 0 Å². The molecule has 302 valence electrons. The van der Waals surface area contributed by atoms with E-state index in [-0.39, 0.29) is 39.5 Å². The average molecular weight is 771 g/mol. The molecule has 2 heterocycles. The van der Waals surface area contributed by atoms with Crippen molar-refractivity contribution in [1.82, 2.24) is 21.3 Å². The molecule has 0 spiro atoms. The number of alkyl carbamates (subject to hydrolysis) is 2. The quantitative estimate of drug-likeness (QED) is 0.0674. The van der Waals surface area contributed by atoms with E-state index in [1.807, 2.05) is 0 Å². The highest BCUT2D eigenvalue weighted by Gasteiger charge is 2.46. The molecule has 0 bridgehead atoms. The first kappa shape index (κ1) is 44.2. The summed E-state index contributed by atoms with van der Waals surface area (Å²) in [6.07, 6.45) is -5.60. The van der Waals surface area contributed by atoms with E-state index in [1.165, 1.54) is 38.2 Å². The van der Waals surface area contributed by atoms with E-state index in [1.54, 1.807) is 24.3 Å². The van der Waals surface area contributed by atoms with E-state index in [2.05, 4.69) is 21.3 Å². The lowest BCUT2D eigenvalue weighted by Crippen LogP contribution is -2.64. The Morgan fingerprint density at radius 3 is 1.41 bits per heavy atom. The Bertz CT molecular complexity index is 1320. The molecule has 3 rings (SSSR count). The van der Waals surface area contributed by atoms with Crippen molar-refractivity contribution < 1.29 is 78.2 Å². The smallest absolute Gasteiger partial charge is 0.407 e. The molecule has 2 aliphatic rings. The van der Waals surface area contributed by atoms with Gasteiger partial charge in [0.2, 0.25) is 11.8 Å². The number of amides is 4. The van der Waals surface area contributed by atoms with Gasteiger partial charge in [-0.1, -0.05) is 36.4 Å². The third-order valence-corrected chi connectivity index (χ3v) is 8.03. The predicted molar refractivity (Wildman–Crippen MR) is 184 cm³/mol. The van der Waals surface area contributed by atoms with Gasteiger partial charge in [0.1, 0.15) is 61.9 Å². The second kappa shape index (κ2) is 22.9. The van der Waals surface area contributed by atoms with Crippen LogP contribution in [0.25, 0.3) is 0 Å². The van der Waals surface area contributed by atoms with Gasteiger partial charge in [0, 0.05) is 26.9 Å². The van der Waals surface area contributed by atoms with Crippen LogP contribution in [0.15, 0.2) is 48.6 Å². The summed E-state index contributed by atoms with van der Waals surface area (Å²) in [5, 5.41) is 69.7. The summed E-state index contributed by atoms with van der Waals surface area (Å²) in [5.74, 6) is -0.957. The van der Waals surface area contributed by atoms with Gasteiger partial charge < -0.3 is 80.3 Å². The molecule has 2 aliphatic heterocycles. The minimum absolute atomic E-state index is 0.0576. The lowest BCUT2D eigenvalue weighted by molar-refractivity contribution is -0.267. The molecule has 10 atom stereocenters. The van der Waals surface area contributed by atoms with Gasteiger partial charge in [0.15, 0.2) is 12.6 Å².